The number of benzene rings is 2. The molecule has 130 valence electrons. The van der Waals surface area contributed by atoms with Crippen molar-refractivity contribution in [2.24, 2.45) is 0 Å². The smallest absolute Gasteiger partial charge is 0.0148 e. The molecule has 1 N–H and O–H groups in total. The minimum atomic E-state index is 0.207. The minimum absolute atomic E-state index is 0.207. The zero-order valence-corrected chi connectivity index (χ0v) is 16.2. The van der Waals surface area contributed by atoms with Crippen molar-refractivity contribution >= 4 is 0 Å². The highest BCUT2D eigenvalue weighted by molar-refractivity contribution is 5.41. The summed E-state index contributed by atoms with van der Waals surface area (Å²) >= 11 is 0. The van der Waals surface area contributed by atoms with Gasteiger partial charge in [-0.1, -0.05) is 70.2 Å². The Balaban J connectivity index is 2.23. The predicted molar refractivity (Wildman–Crippen MR) is 106 cm³/mol. The molecule has 0 aromatic heterocycles. The molecule has 2 aromatic carbocycles. The zero-order valence-electron chi connectivity index (χ0n) is 16.2. The Morgan fingerprint density at radius 3 is 2.00 bits per heavy atom. The van der Waals surface area contributed by atoms with E-state index in [0.717, 1.165) is 19.4 Å². The van der Waals surface area contributed by atoms with E-state index in [4.69, 9.17) is 0 Å². The number of aryl methyl sites for hydroxylation is 2. The van der Waals surface area contributed by atoms with Gasteiger partial charge in [0.1, 0.15) is 0 Å². The molecule has 0 aliphatic heterocycles. The summed E-state index contributed by atoms with van der Waals surface area (Å²) in [5.74, 6) is 0. The minimum Gasteiger partial charge on any atom is -0.314 e. The maximum atomic E-state index is 3.68. The summed E-state index contributed by atoms with van der Waals surface area (Å²) in [5, 5.41) is 3.68. The van der Waals surface area contributed by atoms with Gasteiger partial charge in [0, 0.05) is 6.04 Å². The molecule has 1 unspecified atom stereocenters. The number of rotatable bonds is 6. The first kappa shape index (κ1) is 18.7. The monoisotopic (exact) mass is 323 g/mol. The van der Waals surface area contributed by atoms with Crippen LogP contribution in [0, 0.1) is 13.8 Å². The van der Waals surface area contributed by atoms with Crippen LogP contribution < -0.4 is 5.32 Å². The molecule has 0 spiro atoms. The van der Waals surface area contributed by atoms with Crippen molar-refractivity contribution in [1.29, 1.82) is 0 Å². The highest BCUT2D eigenvalue weighted by atomic mass is 14.9. The van der Waals surface area contributed by atoms with Crippen LogP contribution >= 0.6 is 0 Å². The average Bonchev–Trinajstić information content (AvgIpc) is 2.51. The van der Waals surface area contributed by atoms with Gasteiger partial charge in [0.25, 0.3) is 0 Å². The van der Waals surface area contributed by atoms with Gasteiger partial charge in [-0.05, 0) is 66.5 Å². The van der Waals surface area contributed by atoms with Crippen LogP contribution in [0.3, 0.4) is 0 Å². The van der Waals surface area contributed by atoms with Crippen molar-refractivity contribution in [3.8, 4) is 0 Å². The molecular weight excluding hydrogens is 290 g/mol. The largest absolute Gasteiger partial charge is 0.314 e. The summed E-state index contributed by atoms with van der Waals surface area (Å²) in [6, 6.07) is 16.1. The van der Waals surface area contributed by atoms with Crippen LogP contribution in [0.25, 0.3) is 0 Å². The fourth-order valence-corrected chi connectivity index (χ4v) is 3.40. The Labute approximate surface area is 148 Å². The first-order valence-corrected chi connectivity index (χ1v) is 9.19. The van der Waals surface area contributed by atoms with E-state index >= 15 is 0 Å². The standard InChI is InChI=1S/C23H33N/c1-7-24-21(15-19-11-9-8-10-12-19)16-22-17(2)13-20(14-18(22)3)23(4,5)6/h8-14,21,24H,7,15-16H2,1-6H3. The van der Waals surface area contributed by atoms with Crippen LogP contribution in [0.1, 0.15) is 55.5 Å². The van der Waals surface area contributed by atoms with Gasteiger partial charge in [-0.2, -0.15) is 0 Å². The molecule has 2 aromatic rings. The summed E-state index contributed by atoms with van der Waals surface area (Å²) in [7, 11) is 0. The maximum Gasteiger partial charge on any atom is 0.0148 e. The number of nitrogens with one attached hydrogen (secondary N) is 1. The van der Waals surface area contributed by atoms with Gasteiger partial charge in [0.2, 0.25) is 0 Å². The third-order valence-corrected chi connectivity index (χ3v) is 4.83. The van der Waals surface area contributed by atoms with E-state index in [9.17, 15) is 0 Å². The molecule has 0 fully saturated rings. The Bertz CT molecular complexity index is 626. The molecule has 1 atom stereocenters. The molecule has 0 saturated heterocycles. The lowest BCUT2D eigenvalue weighted by molar-refractivity contribution is 0.519. The van der Waals surface area contributed by atoms with Gasteiger partial charge >= 0.3 is 0 Å². The van der Waals surface area contributed by atoms with Gasteiger partial charge in [0.05, 0.1) is 0 Å². The van der Waals surface area contributed by atoms with Crippen LogP contribution in [0.4, 0.5) is 0 Å². The molecule has 0 saturated carbocycles. The number of hydrogen-bond acceptors (Lipinski definition) is 1. The molecule has 0 amide bonds. The van der Waals surface area contributed by atoms with E-state index < -0.39 is 0 Å². The average molecular weight is 324 g/mol. The fraction of sp³-hybridized carbons (Fsp3) is 0.478. The maximum absolute atomic E-state index is 3.68. The van der Waals surface area contributed by atoms with Gasteiger partial charge in [-0.3, -0.25) is 0 Å². The molecule has 2 rings (SSSR count). The van der Waals surface area contributed by atoms with Crippen molar-refractivity contribution < 1.29 is 0 Å². The summed E-state index contributed by atoms with van der Waals surface area (Å²) in [4.78, 5) is 0. The lowest BCUT2D eigenvalue weighted by atomic mass is 9.82. The lowest BCUT2D eigenvalue weighted by Gasteiger charge is -2.25. The molecule has 0 heterocycles. The Hall–Kier alpha value is -1.60. The van der Waals surface area contributed by atoms with Gasteiger partial charge in [0.15, 0.2) is 0 Å². The van der Waals surface area contributed by atoms with E-state index in [1.165, 1.54) is 27.8 Å². The van der Waals surface area contributed by atoms with Crippen molar-refractivity contribution in [2.75, 3.05) is 6.54 Å². The normalized spacial score (nSPS) is 13.1. The zero-order chi connectivity index (χ0) is 17.7. The molecule has 1 nitrogen and oxygen atoms in total. The highest BCUT2D eigenvalue weighted by Crippen LogP contribution is 2.27. The van der Waals surface area contributed by atoms with Crippen molar-refractivity contribution in [1.82, 2.24) is 5.32 Å². The van der Waals surface area contributed by atoms with Crippen LogP contribution in [-0.2, 0) is 18.3 Å². The highest BCUT2D eigenvalue weighted by Gasteiger charge is 2.18. The molecule has 24 heavy (non-hydrogen) atoms. The first-order valence-electron chi connectivity index (χ1n) is 9.19. The van der Waals surface area contributed by atoms with Crippen molar-refractivity contribution in [3.63, 3.8) is 0 Å². The molecule has 0 bridgehead atoms. The van der Waals surface area contributed by atoms with Gasteiger partial charge < -0.3 is 5.32 Å². The van der Waals surface area contributed by atoms with E-state index in [1.807, 2.05) is 0 Å². The van der Waals surface area contributed by atoms with Crippen molar-refractivity contribution in [3.05, 3.63) is 70.3 Å². The second kappa shape index (κ2) is 7.98. The van der Waals surface area contributed by atoms with Crippen LogP contribution in [-0.4, -0.2) is 12.6 Å². The van der Waals surface area contributed by atoms with Crippen molar-refractivity contribution in [2.45, 2.75) is 65.8 Å². The quantitative estimate of drug-likeness (QED) is 0.754. The van der Waals surface area contributed by atoms with Gasteiger partial charge in [-0.25, -0.2) is 0 Å². The molecular formula is C23H33N. The van der Waals surface area contributed by atoms with Crippen LogP contribution in [0.5, 0.6) is 0 Å². The lowest BCUT2D eigenvalue weighted by Crippen LogP contribution is -2.33. The third kappa shape index (κ3) is 4.95. The van der Waals surface area contributed by atoms with Crippen LogP contribution in [0.15, 0.2) is 42.5 Å². The third-order valence-electron chi connectivity index (χ3n) is 4.83. The Morgan fingerprint density at radius 1 is 0.917 bits per heavy atom. The second-order valence-corrected chi connectivity index (χ2v) is 7.99. The fourth-order valence-electron chi connectivity index (χ4n) is 3.40. The summed E-state index contributed by atoms with van der Waals surface area (Å²) < 4.78 is 0. The number of likely N-dealkylation sites (N-methyl/N-ethyl adjacent to an activating group) is 1. The Kier molecular flexibility index (Phi) is 6.23. The van der Waals surface area contributed by atoms with E-state index in [0.29, 0.717) is 6.04 Å². The second-order valence-electron chi connectivity index (χ2n) is 7.99. The summed E-state index contributed by atoms with van der Waals surface area (Å²) in [6.07, 6.45) is 2.17. The first-order chi connectivity index (χ1) is 11.3. The molecule has 1 heteroatoms. The van der Waals surface area contributed by atoms with E-state index in [2.05, 4.69) is 89.3 Å². The molecule has 0 aliphatic carbocycles. The predicted octanol–water partition coefficient (Wildman–Crippen LogP) is 5.36. The summed E-state index contributed by atoms with van der Waals surface area (Å²) in [5.41, 5.74) is 7.41. The van der Waals surface area contributed by atoms with E-state index in [1.54, 1.807) is 0 Å². The molecule has 0 radical (unpaired) electrons. The molecule has 0 aliphatic rings. The topological polar surface area (TPSA) is 12.0 Å². The van der Waals surface area contributed by atoms with Gasteiger partial charge in [-0.15, -0.1) is 0 Å². The number of hydrogen-bond donors (Lipinski definition) is 1. The summed E-state index contributed by atoms with van der Waals surface area (Å²) in [6.45, 7) is 14.6. The SMILES string of the molecule is CCNC(Cc1ccccc1)Cc1c(C)cc(C(C)(C)C)cc1C. The Morgan fingerprint density at radius 2 is 1.50 bits per heavy atom. The van der Waals surface area contributed by atoms with E-state index in [-0.39, 0.29) is 5.41 Å². The van der Waals surface area contributed by atoms with Crippen LogP contribution in [0.2, 0.25) is 0 Å².